The average Bonchev–Trinajstić information content (AvgIpc) is 3.47. The van der Waals surface area contributed by atoms with Gasteiger partial charge in [0.15, 0.2) is 0 Å². The van der Waals surface area contributed by atoms with Crippen molar-refractivity contribution in [1.29, 1.82) is 0 Å². The van der Waals surface area contributed by atoms with Gasteiger partial charge in [0.2, 0.25) is 5.91 Å². The number of ether oxygens (including phenoxy) is 1. The second-order valence-electron chi connectivity index (χ2n) is 10.4. The van der Waals surface area contributed by atoms with Crippen LogP contribution in [0, 0.1) is 24.7 Å². The lowest BCUT2D eigenvalue weighted by Gasteiger charge is -2.40. The second kappa shape index (κ2) is 11.8. The molecule has 4 rings (SSSR count). The van der Waals surface area contributed by atoms with Gasteiger partial charge in [0.1, 0.15) is 6.04 Å². The Morgan fingerprint density at radius 1 is 1.32 bits per heavy atom. The Balaban J connectivity index is 1.78. The van der Waals surface area contributed by atoms with E-state index in [-0.39, 0.29) is 48.7 Å². The van der Waals surface area contributed by atoms with Crippen LogP contribution in [0.15, 0.2) is 43.5 Å². The largest absolute Gasteiger partial charge is 0.465 e. The highest BCUT2D eigenvalue weighted by atomic mass is 35.5. The third-order valence-corrected chi connectivity index (χ3v) is 10.5. The Labute approximate surface area is 234 Å². The van der Waals surface area contributed by atoms with Crippen molar-refractivity contribution < 1.29 is 24.2 Å². The molecule has 1 N–H and O–H groups in total. The molecule has 3 heterocycles. The summed E-state index contributed by atoms with van der Waals surface area (Å²) in [6, 6.07) is 4.72. The lowest BCUT2D eigenvalue weighted by molar-refractivity contribution is -0.154. The first-order chi connectivity index (χ1) is 18.2. The highest BCUT2D eigenvalue weighted by molar-refractivity contribution is 8.02. The first kappa shape index (κ1) is 28.7. The number of aryl methyl sites for hydroxylation is 1. The van der Waals surface area contributed by atoms with Gasteiger partial charge < -0.3 is 19.6 Å². The smallest absolute Gasteiger partial charge is 0.310 e. The van der Waals surface area contributed by atoms with E-state index < -0.39 is 22.6 Å². The van der Waals surface area contributed by atoms with E-state index in [1.807, 2.05) is 19.1 Å². The van der Waals surface area contributed by atoms with Gasteiger partial charge in [0.05, 0.1) is 33.9 Å². The van der Waals surface area contributed by atoms with Crippen molar-refractivity contribution in [3.05, 3.63) is 54.1 Å². The van der Waals surface area contributed by atoms with Crippen LogP contribution in [0.4, 0.5) is 5.69 Å². The van der Waals surface area contributed by atoms with Crippen molar-refractivity contribution in [2.75, 3.05) is 31.2 Å². The van der Waals surface area contributed by atoms with Crippen LogP contribution in [0.2, 0.25) is 5.02 Å². The van der Waals surface area contributed by atoms with Gasteiger partial charge in [-0.15, -0.1) is 24.9 Å². The van der Waals surface area contributed by atoms with Crippen molar-refractivity contribution >= 4 is 46.8 Å². The van der Waals surface area contributed by atoms with Gasteiger partial charge in [-0.1, -0.05) is 42.8 Å². The Kier molecular flexibility index (Phi) is 8.95. The van der Waals surface area contributed by atoms with Gasteiger partial charge in [0.25, 0.3) is 5.91 Å². The summed E-state index contributed by atoms with van der Waals surface area (Å²) in [5, 5.41) is 9.76. The number of para-hydroxylation sites is 1. The molecule has 2 amide bonds. The molecule has 3 fully saturated rings. The van der Waals surface area contributed by atoms with E-state index in [1.54, 1.807) is 39.8 Å². The molecule has 3 aliphatic heterocycles. The number of thioether (sulfide) groups is 1. The van der Waals surface area contributed by atoms with Crippen LogP contribution in [0.5, 0.6) is 0 Å². The van der Waals surface area contributed by atoms with Gasteiger partial charge in [-0.05, 0) is 50.2 Å². The molecule has 206 valence electrons. The third kappa shape index (κ3) is 4.69. The molecule has 0 aromatic heterocycles. The van der Waals surface area contributed by atoms with Crippen LogP contribution >= 0.6 is 23.4 Å². The molecule has 3 unspecified atom stereocenters. The van der Waals surface area contributed by atoms with E-state index in [4.69, 9.17) is 16.3 Å². The minimum atomic E-state index is -0.773. The van der Waals surface area contributed by atoms with E-state index in [0.717, 1.165) is 12.0 Å². The molecular weight excluding hydrogens is 524 g/mol. The van der Waals surface area contributed by atoms with Crippen molar-refractivity contribution in [3.63, 3.8) is 0 Å². The molecule has 1 spiro atoms. The number of fused-ring (bicyclic) bond motifs is 1. The Hall–Kier alpha value is -2.29. The molecule has 9 heteroatoms. The number of benzene rings is 1. The van der Waals surface area contributed by atoms with Gasteiger partial charge in [0, 0.05) is 24.9 Å². The first-order valence-corrected chi connectivity index (χ1v) is 14.5. The number of aliphatic hydroxyl groups excluding tert-OH is 1. The van der Waals surface area contributed by atoms with Crippen LogP contribution in [-0.2, 0) is 19.1 Å². The van der Waals surface area contributed by atoms with Gasteiger partial charge in [-0.3, -0.25) is 14.4 Å². The number of likely N-dealkylation sites (tertiary alicyclic amines) is 1. The first-order valence-electron chi connectivity index (χ1n) is 13.3. The van der Waals surface area contributed by atoms with Gasteiger partial charge in [-0.25, -0.2) is 0 Å². The molecule has 0 saturated carbocycles. The Bertz CT molecular complexity index is 1090. The number of esters is 1. The number of nitrogens with zero attached hydrogens (tertiary/aromatic N) is 2. The summed E-state index contributed by atoms with van der Waals surface area (Å²) in [4.78, 5) is 45.3. The number of aliphatic hydroxyl groups is 1. The number of hydrogen-bond acceptors (Lipinski definition) is 6. The predicted molar refractivity (Wildman–Crippen MR) is 151 cm³/mol. The molecule has 2 bridgehead atoms. The summed E-state index contributed by atoms with van der Waals surface area (Å²) in [6.45, 7) is 12.3. The van der Waals surface area contributed by atoms with Crippen LogP contribution in [-0.4, -0.2) is 70.1 Å². The van der Waals surface area contributed by atoms with Crippen molar-refractivity contribution in [2.24, 2.45) is 17.8 Å². The monoisotopic (exact) mass is 560 g/mol. The van der Waals surface area contributed by atoms with Crippen LogP contribution < -0.4 is 4.90 Å². The minimum Gasteiger partial charge on any atom is -0.465 e. The molecule has 0 radical (unpaired) electrons. The zero-order valence-corrected chi connectivity index (χ0v) is 23.7. The molecule has 0 aliphatic carbocycles. The maximum Gasteiger partial charge on any atom is 0.310 e. The highest BCUT2D eigenvalue weighted by Crippen LogP contribution is 2.69. The second-order valence-corrected chi connectivity index (χ2v) is 12.4. The number of carbonyl (C=O) groups is 3. The number of rotatable bonds is 12. The molecule has 1 aromatic carbocycles. The number of unbranched alkanes of at least 4 members (excludes halogenated alkanes) is 1. The molecule has 38 heavy (non-hydrogen) atoms. The van der Waals surface area contributed by atoms with Gasteiger partial charge in [-0.2, -0.15) is 0 Å². The standard InChI is InChI=1S/C29H37ClN2O5S/c1-5-7-16-37-28(36)22-21-17-19(4)29(38-21)23(22)26(34)32(14-8-9-15-33)25(29)27(35)31(13-6-2)24-18(3)11-10-12-20(24)30/h5-6,10-12,19,21-23,25,33H,1-2,7-9,13-17H2,3-4H3/t19?,21-,22+,23+,25?,29?/m1/s1. The summed E-state index contributed by atoms with van der Waals surface area (Å²) < 4.78 is 4.82. The highest BCUT2D eigenvalue weighted by Gasteiger charge is 2.76. The van der Waals surface area contributed by atoms with Gasteiger partial charge >= 0.3 is 5.97 Å². The normalized spacial score (nSPS) is 29.3. The maximum atomic E-state index is 14.6. The maximum absolute atomic E-state index is 14.6. The zero-order chi connectivity index (χ0) is 27.6. The summed E-state index contributed by atoms with van der Waals surface area (Å²) >= 11 is 8.23. The number of anilines is 1. The summed E-state index contributed by atoms with van der Waals surface area (Å²) in [5.41, 5.74) is 1.45. The molecule has 3 aliphatic rings. The van der Waals surface area contributed by atoms with E-state index in [2.05, 4.69) is 20.1 Å². The lowest BCUT2D eigenvalue weighted by Crippen LogP contribution is -2.57. The fraction of sp³-hybridized carbons (Fsp3) is 0.552. The molecule has 3 saturated heterocycles. The number of amides is 2. The average molecular weight is 561 g/mol. The third-order valence-electron chi connectivity index (χ3n) is 8.16. The SMILES string of the molecule is C=CCCOC(=O)[C@@H]1[C@H]2C(=O)N(CCCCO)C(C(=O)N(CC=C)c3c(C)cccc3Cl)C23S[C@@H]1CC3C. The zero-order valence-electron chi connectivity index (χ0n) is 22.1. The lowest BCUT2D eigenvalue weighted by atomic mass is 9.66. The summed E-state index contributed by atoms with van der Waals surface area (Å²) in [5.74, 6) is -1.97. The molecule has 6 atom stereocenters. The topological polar surface area (TPSA) is 87.1 Å². The van der Waals surface area contributed by atoms with Crippen molar-refractivity contribution in [3.8, 4) is 0 Å². The number of halogens is 1. The number of carbonyl (C=O) groups excluding carboxylic acids is 3. The van der Waals surface area contributed by atoms with E-state index in [0.29, 0.717) is 36.5 Å². The van der Waals surface area contributed by atoms with Crippen LogP contribution in [0.1, 0.15) is 38.2 Å². The summed E-state index contributed by atoms with van der Waals surface area (Å²) in [7, 11) is 0. The fourth-order valence-corrected chi connectivity index (χ4v) is 9.30. The molecule has 1 aromatic rings. The van der Waals surface area contributed by atoms with Crippen molar-refractivity contribution in [2.45, 2.75) is 55.6 Å². The Morgan fingerprint density at radius 2 is 2.08 bits per heavy atom. The van der Waals surface area contributed by atoms with Crippen LogP contribution in [0.25, 0.3) is 0 Å². The summed E-state index contributed by atoms with van der Waals surface area (Å²) in [6.07, 6.45) is 5.69. The molecular formula is C29H37ClN2O5S. The van der Waals surface area contributed by atoms with Crippen LogP contribution in [0.3, 0.4) is 0 Å². The minimum absolute atomic E-state index is 0.00209. The van der Waals surface area contributed by atoms with Crippen molar-refractivity contribution in [1.82, 2.24) is 4.90 Å². The Morgan fingerprint density at radius 3 is 2.74 bits per heavy atom. The van der Waals surface area contributed by atoms with E-state index >= 15 is 0 Å². The van der Waals surface area contributed by atoms with E-state index in [1.165, 1.54) is 0 Å². The number of hydrogen-bond donors (Lipinski definition) is 1. The predicted octanol–water partition coefficient (Wildman–Crippen LogP) is 4.40. The fourth-order valence-electron chi connectivity index (χ4n) is 6.57. The quantitative estimate of drug-likeness (QED) is 0.232. The van der Waals surface area contributed by atoms with E-state index in [9.17, 15) is 19.5 Å². The molecule has 7 nitrogen and oxygen atoms in total.